The first-order valence-electron chi connectivity index (χ1n) is 8.90. The van der Waals surface area contributed by atoms with Gasteiger partial charge in [-0.25, -0.2) is 4.98 Å². The molecule has 0 fully saturated rings. The van der Waals surface area contributed by atoms with Gasteiger partial charge in [0.05, 0.1) is 5.69 Å². The summed E-state index contributed by atoms with van der Waals surface area (Å²) >= 11 is 0. The first-order chi connectivity index (χ1) is 11.8. The molecule has 0 aliphatic heterocycles. The van der Waals surface area contributed by atoms with Crippen LogP contribution in [0.3, 0.4) is 0 Å². The van der Waals surface area contributed by atoms with E-state index in [0.717, 1.165) is 29.0 Å². The number of aromatic nitrogens is 1. The van der Waals surface area contributed by atoms with Crippen LogP contribution in [0, 0.1) is 6.92 Å². The van der Waals surface area contributed by atoms with Crippen molar-refractivity contribution in [2.45, 2.75) is 48.0 Å². The number of aryl methyl sites for hydroxylation is 2. The highest BCUT2D eigenvalue weighted by molar-refractivity contribution is 5.64. The van der Waals surface area contributed by atoms with Crippen LogP contribution in [-0.2, 0) is 6.42 Å². The Labute approximate surface area is 146 Å². The predicted octanol–water partition coefficient (Wildman–Crippen LogP) is 6.93. The van der Waals surface area contributed by atoms with Gasteiger partial charge in [-0.2, -0.15) is 0 Å². The molecule has 2 aromatic carbocycles. The van der Waals surface area contributed by atoms with Crippen molar-refractivity contribution in [1.82, 2.24) is 4.98 Å². The molecular weight excluding hydrogens is 294 g/mol. The summed E-state index contributed by atoms with van der Waals surface area (Å²) in [4.78, 5) is 4.64. The molecule has 3 rings (SSSR count). The van der Waals surface area contributed by atoms with Crippen LogP contribution in [0.25, 0.3) is 22.8 Å². The summed E-state index contributed by atoms with van der Waals surface area (Å²) in [6, 6.07) is 18.4. The van der Waals surface area contributed by atoms with Crippen molar-refractivity contribution in [3.8, 4) is 22.8 Å². The van der Waals surface area contributed by atoms with Gasteiger partial charge in [-0.1, -0.05) is 82.6 Å². The van der Waals surface area contributed by atoms with Crippen molar-refractivity contribution in [1.29, 1.82) is 0 Å². The van der Waals surface area contributed by atoms with Crippen LogP contribution in [0.15, 0.2) is 59.0 Å². The Balaban J connectivity index is 0.000000671. The lowest BCUT2D eigenvalue weighted by Crippen LogP contribution is -1.84. The summed E-state index contributed by atoms with van der Waals surface area (Å²) in [5, 5.41) is 0. The average Bonchev–Trinajstić information content (AvgIpc) is 3.11. The molecule has 2 nitrogen and oxygen atoms in total. The highest BCUT2D eigenvalue weighted by Crippen LogP contribution is 2.30. The van der Waals surface area contributed by atoms with E-state index < -0.39 is 0 Å². The van der Waals surface area contributed by atoms with Gasteiger partial charge < -0.3 is 4.42 Å². The van der Waals surface area contributed by atoms with Gasteiger partial charge in [0.2, 0.25) is 5.89 Å². The van der Waals surface area contributed by atoms with E-state index in [2.05, 4.69) is 55.2 Å². The minimum Gasteiger partial charge on any atom is -0.436 e. The van der Waals surface area contributed by atoms with Crippen molar-refractivity contribution < 1.29 is 4.42 Å². The topological polar surface area (TPSA) is 26.0 Å². The summed E-state index contributed by atoms with van der Waals surface area (Å²) in [6.07, 6.45) is 0.861. The second kappa shape index (κ2) is 10.4. The molecule has 2 heteroatoms. The maximum absolute atomic E-state index is 6.01. The molecule has 128 valence electrons. The van der Waals surface area contributed by atoms with E-state index in [-0.39, 0.29) is 0 Å². The first-order valence-corrected chi connectivity index (χ1v) is 8.90. The number of oxazole rings is 1. The highest BCUT2D eigenvalue weighted by atomic mass is 16.4. The quantitative estimate of drug-likeness (QED) is 0.522. The number of hydrogen-bond donors (Lipinski definition) is 0. The van der Waals surface area contributed by atoms with E-state index in [9.17, 15) is 0 Å². The van der Waals surface area contributed by atoms with Crippen molar-refractivity contribution in [3.63, 3.8) is 0 Å². The third kappa shape index (κ3) is 4.82. The van der Waals surface area contributed by atoms with Gasteiger partial charge in [-0.15, -0.1) is 0 Å². The van der Waals surface area contributed by atoms with E-state index >= 15 is 0 Å². The molecule has 1 aromatic heterocycles. The third-order valence-electron chi connectivity index (χ3n) is 3.37. The lowest BCUT2D eigenvalue weighted by molar-refractivity contribution is 0.587. The molecule has 0 N–H and O–H groups in total. The molecule has 0 amide bonds. The zero-order valence-electron chi connectivity index (χ0n) is 15.8. The lowest BCUT2D eigenvalue weighted by Gasteiger charge is -1.98. The molecule has 0 saturated carbocycles. The normalized spacial score (nSPS) is 9.42. The van der Waals surface area contributed by atoms with E-state index in [1.807, 2.05) is 45.9 Å². The van der Waals surface area contributed by atoms with Crippen molar-refractivity contribution >= 4 is 0 Å². The number of nitrogens with zero attached hydrogens (tertiary/aromatic N) is 1. The number of hydrogen-bond acceptors (Lipinski definition) is 2. The predicted molar refractivity (Wildman–Crippen MR) is 104 cm³/mol. The second-order valence-corrected chi connectivity index (χ2v) is 4.88. The zero-order valence-corrected chi connectivity index (χ0v) is 15.8. The van der Waals surface area contributed by atoms with Gasteiger partial charge in [0, 0.05) is 11.1 Å². The largest absolute Gasteiger partial charge is 0.436 e. The SMILES string of the molecule is CC.CC.CCc1nc(-c2ccc(C)cc2)oc1-c1ccccc1. The minimum absolute atomic E-state index is 0.695. The van der Waals surface area contributed by atoms with Gasteiger partial charge in [0.1, 0.15) is 0 Å². The highest BCUT2D eigenvalue weighted by Gasteiger charge is 2.14. The molecular formula is C22H29NO. The molecule has 0 bridgehead atoms. The van der Waals surface area contributed by atoms with Gasteiger partial charge >= 0.3 is 0 Å². The summed E-state index contributed by atoms with van der Waals surface area (Å²) in [5.74, 6) is 1.57. The maximum atomic E-state index is 6.01. The monoisotopic (exact) mass is 323 g/mol. The fourth-order valence-electron chi connectivity index (χ4n) is 2.23. The molecule has 24 heavy (non-hydrogen) atoms. The Bertz CT molecular complexity index is 697. The van der Waals surface area contributed by atoms with Crippen molar-refractivity contribution in [3.05, 3.63) is 65.9 Å². The number of rotatable bonds is 3. The fourth-order valence-corrected chi connectivity index (χ4v) is 2.23. The lowest BCUT2D eigenvalue weighted by atomic mass is 10.1. The summed E-state index contributed by atoms with van der Waals surface area (Å²) in [6.45, 7) is 12.2. The van der Waals surface area contributed by atoms with E-state index in [1.54, 1.807) is 0 Å². The van der Waals surface area contributed by atoms with Gasteiger partial charge in [-0.05, 0) is 25.5 Å². The Morgan fingerprint density at radius 3 is 1.92 bits per heavy atom. The minimum atomic E-state index is 0.695. The zero-order chi connectivity index (χ0) is 17.9. The molecule has 0 atom stereocenters. The van der Waals surface area contributed by atoms with Crippen molar-refractivity contribution in [2.75, 3.05) is 0 Å². The number of benzene rings is 2. The van der Waals surface area contributed by atoms with Crippen LogP contribution < -0.4 is 0 Å². The van der Waals surface area contributed by atoms with E-state index in [1.165, 1.54) is 5.56 Å². The fraction of sp³-hybridized carbons (Fsp3) is 0.318. The maximum Gasteiger partial charge on any atom is 0.227 e. The molecule has 0 unspecified atom stereocenters. The molecule has 1 heterocycles. The molecule has 3 aromatic rings. The first kappa shape index (κ1) is 19.7. The molecule has 0 radical (unpaired) electrons. The van der Waals surface area contributed by atoms with Crippen LogP contribution in [-0.4, -0.2) is 4.98 Å². The molecule has 0 spiro atoms. The molecule has 0 saturated heterocycles. The summed E-state index contributed by atoms with van der Waals surface area (Å²) in [5.41, 5.74) is 4.34. The Morgan fingerprint density at radius 2 is 1.38 bits per heavy atom. The van der Waals surface area contributed by atoms with E-state index in [0.29, 0.717) is 5.89 Å². The van der Waals surface area contributed by atoms with Gasteiger partial charge in [-0.3, -0.25) is 0 Å². The van der Waals surface area contributed by atoms with Crippen molar-refractivity contribution in [2.24, 2.45) is 0 Å². The van der Waals surface area contributed by atoms with Crippen LogP contribution in [0.2, 0.25) is 0 Å². The smallest absolute Gasteiger partial charge is 0.227 e. The Kier molecular flexibility index (Phi) is 8.56. The van der Waals surface area contributed by atoms with Gasteiger partial charge in [0.25, 0.3) is 0 Å². The van der Waals surface area contributed by atoms with E-state index in [4.69, 9.17) is 4.42 Å². The van der Waals surface area contributed by atoms with Gasteiger partial charge in [0.15, 0.2) is 5.76 Å². The Morgan fingerprint density at radius 1 is 0.792 bits per heavy atom. The van der Waals surface area contributed by atoms with Crippen LogP contribution in [0.5, 0.6) is 0 Å². The summed E-state index contributed by atoms with van der Waals surface area (Å²) in [7, 11) is 0. The van der Waals surface area contributed by atoms with Crippen LogP contribution in [0.1, 0.15) is 45.9 Å². The van der Waals surface area contributed by atoms with Crippen LogP contribution >= 0.6 is 0 Å². The standard InChI is InChI=1S/C18H17NO.2C2H6/c1-3-16-17(14-7-5-4-6-8-14)20-18(19-16)15-11-9-13(2)10-12-15;2*1-2/h4-12H,3H2,1-2H3;2*1-2H3. The summed E-state index contributed by atoms with van der Waals surface area (Å²) < 4.78 is 6.01. The molecule has 0 aliphatic rings. The second-order valence-electron chi connectivity index (χ2n) is 4.88. The average molecular weight is 323 g/mol. The third-order valence-corrected chi connectivity index (χ3v) is 3.37. The Hall–Kier alpha value is -2.35. The molecule has 0 aliphatic carbocycles. The van der Waals surface area contributed by atoms with Crippen LogP contribution in [0.4, 0.5) is 0 Å².